The van der Waals surface area contributed by atoms with E-state index in [1.165, 1.54) is 0 Å². The minimum atomic E-state index is -0.0785. The fourth-order valence-corrected chi connectivity index (χ4v) is 2.59. The van der Waals surface area contributed by atoms with Crippen LogP contribution in [0.25, 0.3) is 11.3 Å². The average molecular weight is 259 g/mol. The predicted molar refractivity (Wildman–Crippen MR) is 73.3 cm³/mol. The molecule has 1 fully saturated rings. The molecule has 3 N–H and O–H groups in total. The molecule has 1 aromatic heterocycles. The minimum Gasteiger partial charge on any atom is -0.508 e. The van der Waals surface area contributed by atoms with E-state index in [1.807, 2.05) is 12.3 Å². The van der Waals surface area contributed by atoms with Gasteiger partial charge < -0.3 is 15.4 Å². The Bertz CT molecular complexity index is 624. The standard InChI is InChI=1S/C14H17N3O2/c18-12-3-1-2-10(8-12)13-9-17(14(19)16-13)11-4-6-15-7-5-11/h1-3,8-9,11,15,18H,4-7H2,(H,16,19). The van der Waals surface area contributed by atoms with Crippen molar-refractivity contribution in [3.8, 4) is 17.0 Å². The van der Waals surface area contributed by atoms with Crippen molar-refractivity contribution in [1.82, 2.24) is 14.9 Å². The van der Waals surface area contributed by atoms with Crippen LogP contribution in [-0.4, -0.2) is 27.7 Å². The van der Waals surface area contributed by atoms with Crippen molar-refractivity contribution in [1.29, 1.82) is 0 Å². The third-order valence-electron chi connectivity index (χ3n) is 3.60. The second-order valence-electron chi connectivity index (χ2n) is 4.91. The lowest BCUT2D eigenvalue weighted by atomic mass is 10.1. The number of aromatic amines is 1. The molecule has 0 amide bonds. The number of phenols is 1. The molecular weight excluding hydrogens is 242 g/mol. The quantitative estimate of drug-likeness (QED) is 0.765. The largest absolute Gasteiger partial charge is 0.508 e. The lowest BCUT2D eigenvalue weighted by Crippen LogP contribution is -2.32. The van der Waals surface area contributed by atoms with Gasteiger partial charge in [0.1, 0.15) is 5.75 Å². The maximum Gasteiger partial charge on any atom is 0.326 e. The lowest BCUT2D eigenvalue weighted by Gasteiger charge is -2.22. The molecule has 1 saturated heterocycles. The zero-order chi connectivity index (χ0) is 13.2. The van der Waals surface area contributed by atoms with E-state index in [0.29, 0.717) is 0 Å². The number of hydrogen-bond donors (Lipinski definition) is 3. The second kappa shape index (κ2) is 4.93. The number of rotatable bonds is 2. The van der Waals surface area contributed by atoms with Crippen molar-refractivity contribution in [2.45, 2.75) is 18.9 Å². The molecule has 5 heteroatoms. The van der Waals surface area contributed by atoms with E-state index in [4.69, 9.17) is 0 Å². The summed E-state index contributed by atoms with van der Waals surface area (Å²) in [5.74, 6) is 0.202. The van der Waals surface area contributed by atoms with Gasteiger partial charge in [0.2, 0.25) is 0 Å². The van der Waals surface area contributed by atoms with Gasteiger partial charge in [0.15, 0.2) is 0 Å². The number of hydrogen-bond acceptors (Lipinski definition) is 3. The molecule has 0 unspecified atom stereocenters. The molecule has 0 spiro atoms. The van der Waals surface area contributed by atoms with E-state index >= 15 is 0 Å². The van der Waals surface area contributed by atoms with Crippen molar-refractivity contribution >= 4 is 0 Å². The molecule has 0 radical (unpaired) electrons. The van der Waals surface area contributed by atoms with Crippen molar-refractivity contribution in [3.05, 3.63) is 40.9 Å². The summed E-state index contributed by atoms with van der Waals surface area (Å²) >= 11 is 0. The van der Waals surface area contributed by atoms with Gasteiger partial charge in [0.05, 0.1) is 5.69 Å². The van der Waals surface area contributed by atoms with Gasteiger partial charge in [-0.15, -0.1) is 0 Å². The van der Waals surface area contributed by atoms with Gasteiger partial charge in [-0.2, -0.15) is 0 Å². The van der Waals surface area contributed by atoms with Crippen LogP contribution < -0.4 is 11.0 Å². The molecular formula is C14H17N3O2. The van der Waals surface area contributed by atoms with Crippen LogP contribution in [0.15, 0.2) is 35.3 Å². The van der Waals surface area contributed by atoms with Crippen LogP contribution in [0.1, 0.15) is 18.9 Å². The van der Waals surface area contributed by atoms with Gasteiger partial charge in [0, 0.05) is 17.8 Å². The molecule has 5 nitrogen and oxygen atoms in total. The molecule has 19 heavy (non-hydrogen) atoms. The normalized spacial score (nSPS) is 16.6. The first-order valence-electron chi connectivity index (χ1n) is 6.55. The molecule has 0 aliphatic carbocycles. The molecule has 3 rings (SSSR count). The third-order valence-corrected chi connectivity index (χ3v) is 3.60. The first kappa shape index (κ1) is 12.0. The van der Waals surface area contributed by atoms with Gasteiger partial charge in [-0.25, -0.2) is 4.79 Å². The van der Waals surface area contributed by atoms with E-state index in [2.05, 4.69) is 10.3 Å². The van der Waals surface area contributed by atoms with Crippen molar-refractivity contribution in [3.63, 3.8) is 0 Å². The number of H-pyrrole nitrogens is 1. The molecule has 100 valence electrons. The van der Waals surface area contributed by atoms with Crippen LogP contribution in [0.5, 0.6) is 5.75 Å². The summed E-state index contributed by atoms with van der Waals surface area (Å²) in [6, 6.07) is 7.17. The van der Waals surface area contributed by atoms with Crippen LogP contribution in [0, 0.1) is 0 Å². The highest BCUT2D eigenvalue weighted by Crippen LogP contribution is 2.23. The van der Waals surface area contributed by atoms with Gasteiger partial charge in [-0.3, -0.25) is 4.57 Å². The van der Waals surface area contributed by atoms with E-state index in [1.54, 1.807) is 22.8 Å². The van der Waals surface area contributed by atoms with Crippen LogP contribution >= 0.6 is 0 Å². The van der Waals surface area contributed by atoms with Crippen LogP contribution in [0.3, 0.4) is 0 Å². The molecule has 0 bridgehead atoms. The van der Waals surface area contributed by atoms with Crippen molar-refractivity contribution in [2.75, 3.05) is 13.1 Å². The summed E-state index contributed by atoms with van der Waals surface area (Å²) in [6.07, 6.45) is 3.79. The Morgan fingerprint density at radius 2 is 2.05 bits per heavy atom. The fourth-order valence-electron chi connectivity index (χ4n) is 2.59. The number of phenolic OH excluding ortho intramolecular Hbond substituents is 1. The highest BCUT2D eigenvalue weighted by atomic mass is 16.3. The predicted octanol–water partition coefficient (Wildman–Crippen LogP) is 1.47. The topological polar surface area (TPSA) is 70.0 Å². The zero-order valence-corrected chi connectivity index (χ0v) is 10.6. The highest BCUT2D eigenvalue weighted by Gasteiger charge is 2.17. The molecule has 1 aliphatic rings. The van der Waals surface area contributed by atoms with E-state index in [0.717, 1.165) is 37.2 Å². The SMILES string of the molecule is O=c1[nH]c(-c2cccc(O)c2)cn1C1CCNCC1. The Morgan fingerprint density at radius 1 is 1.26 bits per heavy atom. The summed E-state index contributed by atoms with van der Waals surface area (Å²) in [5, 5.41) is 12.8. The highest BCUT2D eigenvalue weighted by molar-refractivity contribution is 5.60. The van der Waals surface area contributed by atoms with Gasteiger partial charge in [-0.05, 0) is 38.1 Å². The summed E-state index contributed by atoms with van der Waals surface area (Å²) < 4.78 is 1.78. The van der Waals surface area contributed by atoms with Gasteiger partial charge in [0.25, 0.3) is 0 Å². The monoisotopic (exact) mass is 259 g/mol. The van der Waals surface area contributed by atoms with Gasteiger partial charge >= 0.3 is 5.69 Å². The number of piperidine rings is 1. The Morgan fingerprint density at radius 3 is 2.79 bits per heavy atom. The third kappa shape index (κ3) is 2.42. The van der Waals surface area contributed by atoms with Crippen LogP contribution in [0.4, 0.5) is 0 Å². The first-order valence-corrected chi connectivity index (χ1v) is 6.55. The summed E-state index contributed by atoms with van der Waals surface area (Å²) in [4.78, 5) is 14.9. The Balaban J connectivity index is 1.94. The molecule has 1 aliphatic heterocycles. The maximum absolute atomic E-state index is 12.0. The number of nitrogens with zero attached hydrogens (tertiary/aromatic N) is 1. The number of imidazole rings is 1. The molecule has 2 aromatic rings. The molecule has 1 aromatic carbocycles. The summed E-state index contributed by atoms with van der Waals surface area (Å²) in [7, 11) is 0. The number of aromatic hydroxyl groups is 1. The zero-order valence-electron chi connectivity index (χ0n) is 10.6. The smallest absolute Gasteiger partial charge is 0.326 e. The first-order chi connectivity index (χ1) is 9.24. The lowest BCUT2D eigenvalue weighted by molar-refractivity contribution is 0.361. The Hall–Kier alpha value is -2.01. The van der Waals surface area contributed by atoms with E-state index in [9.17, 15) is 9.90 Å². The number of aromatic nitrogens is 2. The Kier molecular flexibility index (Phi) is 3.13. The van der Waals surface area contributed by atoms with E-state index in [-0.39, 0.29) is 17.5 Å². The molecule has 2 heterocycles. The van der Waals surface area contributed by atoms with Crippen LogP contribution in [-0.2, 0) is 0 Å². The average Bonchev–Trinajstić information content (AvgIpc) is 2.82. The summed E-state index contributed by atoms with van der Waals surface area (Å²) in [5.41, 5.74) is 1.49. The molecule has 0 saturated carbocycles. The summed E-state index contributed by atoms with van der Waals surface area (Å²) in [6.45, 7) is 1.90. The Labute approximate surface area is 110 Å². The van der Waals surface area contributed by atoms with Crippen molar-refractivity contribution < 1.29 is 5.11 Å². The van der Waals surface area contributed by atoms with E-state index < -0.39 is 0 Å². The fraction of sp³-hybridized carbons (Fsp3) is 0.357. The minimum absolute atomic E-state index is 0.0785. The molecule has 0 atom stereocenters. The van der Waals surface area contributed by atoms with Crippen LogP contribution in [0.2, 0.25) is 0 Å². The number of nitrogens with one attached hydrogen (secondary N) is 2. The number of benzene rings is 1. The van der Waals surface area contributed by atoms with Crippen molar-refractivity contribution in [2.24, 2.45) is 0 Å². The van der Waals surface area contributed by atoms with Gasteiger partial charge in [-0.1, -0.05) is 12.1 Å². The maximum atomic E-state index is 12.0. The second-order valence-corrected chi connectivity index (χ2v) is 4.91.